The van der Waals surface area contributed by atoms with Crippen LogP contribution in [0.15, 0.2) is 18.2 Å². The molecule has 0 bridgehead atoms. The number of halogens is 1. The van der Waals surface area contributed by atoms with Crippen molar-refractivity contribution in [2.45, 2.75) is 96.5 Å². The van der Waals surface area contributed by atoms with Crippen LogP contribution < -0.4 is 0 Å². The fraction of sp³-hybridized carbons (Fsp3) is 0.750. The van der Waals surface area contributed by atoms with E-state index in [0.717, 1.165) is 36.2 Å². The summed E-state index contributed by atoms with van der Waals surface area (Å²) in [6.45, 7) is 2.21. The number of hydrogen-bond donors (Lipinski definition) is 1. The van der Waals surface area contributed by atoms with Crippen LogP contribution in [0.5, 0.6) is 0 Å². The molecule has 3 rings (SSSR count). The molecule has 2 heteroatoms. The summed E-state index contributed by atoms with van der Waals surface area (Å²) < 4.78 is 14.3. The van der Waals surface area contributed by atoms with Crippen molar-refractivity contribution in [3.63, 3.8) is 0 Å². The zero-order chi connectivity index (χ0) is 18.4. The Labute approximate surface area is 159 Å². The van der Waals surface area contributed by atoms with E-state index in [-0.39, 0.29) is 12.4 Å². The summed E-state index contributed by atoms with van der Waals surface area (Å²) in [5.41, 5.74) is 1.55. The van der Waals surface area contributed by atoms with Crippen LogP contribution in [-0.2, 0) is 6.61 Å². The van der Waals surface area contributed by atoms with E-state index in [1.165, 1.54) is 70.3 Å². The van der Waals surface area contributed by atoms with Gasteiger partial charge in [0.2, 0.25) is 0 Å². The molecule has 26 heavy (non-hydrogen) atoms. The summed E-state index contributed by atoms with van der Waals surface area (Å²) in [5.74, 6) is 3.06. The first-order valence-corrected chi connectivity index (χ1v) is 11.1. The molecule has 2 aliphatic rings. The van der Waals surface area contributed by atoms with E-state index >= 15 is 0 Å². The van der Waals surface area contributed by atoms with Crippen molar-refractivity contribution in [2.75, 3.05) is 0 Å². The normalized spacial score (nSPS) is 29.7. The first kappa shape index (κ1) is 19.9. The Morgan fingerprint density at radius 3 is 2.15 bits per heavy atom. The average molecular weight is 361 g/mol. The number of rotatable bonds is 7. The van der Waals surface area contributed by atoms with Gasteiger partial charge in [0.25, 0.3) is 0 Å². The van der Waals surface area contributed by atoms with Crippen molar-refractivity contribution in [2.24, 2.45) is 17.8 Å². The standard InChI is InChI=1S/C24H37FO/c1-2-3-4-5-18-6-9-20(10-7-18)21-11-13-22(14-12-21)23-15-8-19(17-26)16-24(23)25/h8,15-16,18,20-22,26H,2-7,9-14,17H2,1H3. The molecule has 0 aromatic heterocycles. The second kappa shape index (κ2) is 9.88. The quantitative estimate of drug-likeness (QED) is 0.520. The van der Waals surface area contributed by atoms with Crippen molar-refractivity contribution < 1.29 is 9.50 Å². The highest BCUT2D eigenvalue weighted by atomic mass is 19.1. The summed E-state index contributed by atoms with van der Waals surface area (Å²) in [6.07, 6.45) is 16.2. The van der Waals surface area contributed by atoms with Crippen LogP contribution in [0.1, 0.15) is 101 Å². The third-order valence-corrected chi connectivity index (χ3v) is 7.23. The molecule has 0 saturated heterocycles. The second-order valence-corrected chi connectivity index (χ2v) is 8.90. The molecule has 0 aliphatic heterocycles. The van der Waals surface area contributed by atoms with Crippen LogP contribution in [-0.4, -0.2) is 5.11 Å². The molecule has 0 spiro atoms. The largest absolute Gasteiger partial charge is 0.392 e. The van der Waals surface area contributed by atoms with E-state index in [2.05, 4.69) is 6.92 Å². The number of aliphatic hydroxyl groups excluding tert-OH is 1. The van der Waals surface area contributed by atoms with Gasteiger partial charge in [-0.05, 0) is 79.4 Å². The van der Waals surface area contributed by atoms with Crippen LogP contribution in [0.25, 0.3) is 0 Å². The average Bonchev–Trinajstić information content (AvgIpc) is 2.69. The minimum absolute atomic E-state index is 0.0783. The molecule has 146 valence electrons. The molecular formula is C24H37FO. The lowest BCUT2D eigenvalue weighted by Crippen LogP contribution is -2.25. The zero-order valence-electron chi connectivity index (χ0n) is 16.6. The SMILES string of the molecule is CCCCCC1CCC(C2CCC(c3ccc(CO)cc3F)CC2)CC1. The second-order valence-electron chi connectivity index (χ2n) is 8.90. The van der Waals surface area contributed by atoms with Gasteiger partial charge in [0.15, 0.2) is 0 Å². The first-order valence-electron chi connectivity index (χ1n) is 11.1. The molecule has 0 heterocycles. The Bertz CT molecular complexity index is 539. The highest BCUT2D eigenvalue weighted by Gasteiger charge is 2.31. The molecule has 1 aromatic carbocycles. The van der Waals surface area contributed by atoms with Gasteiger partial charge in [-0.15, -0.1) is 0 Å². The number of hydrogen-bond acceptors (Lipinski definition) is 1. The maximum atomic E-state index is 14.3. The highest BCUT2D eigenvalue weighted by Crippen LogP contribution is 2.44. The van der Waals surface area contributed by atoms with Gasteiger partial charge in [-0.25, -0.2) is 4.39 Å². The molecule has 1 aromatic rings. The fourth-order valence-corrected chi connectivity index (χ4v) is 5.53. The lowest BCUT2D eigenvalue weighted by molar-refractivity contribution is 0.155. The smallest absolute Gasteiger partial charge is 0.127 e. The molecule has 0 atom stereocenters. The molecule has 2 aliphatic carbocycles. The maximum Gasteiger partial charge on any atom is 0.127 e. The van der Waals surface area contributed by atoms with E-state index < -0.39 is 0 Å². The van der Waals surface area contributed by atoms with E-state index in [4.69, 9.17) is 5.11 Å². The Kier molecular flexibility index (Phi) is 7.54. The summed E-state index contributed by atoms with van der Waals surface area (Å²) in [4.78, 5) is 0. The van der Waals surface area contributed by atoms with Crippen molar-refractivity contribution in [1.82, 2.24) is 0 Å². The van der Waals surface area contributed by atoms with Crippen LogP contribution in [0.4, 0.5) is 4.39 Å². The van der Waals surface area contributed by atoms with Gasteiger partial charge in [-0.2, -0.15) is 0 Å². The lowest BCUT2D eigenvalue weighted by Gasteiger charge is -2.38. The topological polar surface area (TPSA) is 20.2 Å². The van der Waals surface area contributed by atoms with E-state index in [0.29, 0.717) is 11.5 Å². The van der Waals surface area contributed by atoms with Gasteiger partial charge in [0.05, 0.1) is 6.61 Å². The Morgan fingerprint density at radius 1 is 0.923 bits per heavy atom. The summed E-state index contributed by atoms with van der Waals surface area (Å²) in [7, 11) is 0. The third-order valence-electron chi connectivity index (χ3n) is 7.23. The van der Waals surface area contributed by atoms with Crippen molar-refractivity contribution in [3.05, 3.63) is 35.1 Å². The highest BCUT2D eigenvalue weighted by molar-refractivity contribution is 5.27. The number of benzene rings is 1. The van der Waals surface area contributed by atoms with Gasteiger partial charge >= 0.3 is 0 Å². The first-order chi connectivity index (χ1) is 12.7. The fourth-order valence-electron chi connectivity index (χ4n) is 5.53. The predicted molar refractivity (Wildman–Crippen MR) is 107 cm³/mol. The van der Waals surface area contributed by atoms with Crippen LogP contribution in [0.3, 0.4) is 0 Å². The van der Waals surface area contributed by atoms with Gasteiger partial charge in [-0.1, -0.05) is 57.6 Å². The van der Waals surface area contributed by atoms with Crippen molar-refractivity contribution in [1.29, 1.82) is 0 Å². The molecule has 0 unspecified atom stereocenters. The predicted octanol–water partition coefficient (Wildman–Crippen LogP) is 6.98. The van der Waals surface area contributed by atoms with E-state index in [1.807, 2.05) is 12.1 Å². The van der Waals surface area contributed by atoms with Crippen LogP contribution >= 0.6 is 0 Å². The minimum atomic E-state index is -0.118. The summed E-state index contributed by atoms with van der Waals surface area (Å²) >= 11 is 0. The molecule has 1 N–H and O–H groups in total. The van der Waals surface area contributed by atoms with E-state index in [1.54, 1.807) is 0 Å². The van der Waals surface area contributed by atoms with Crippen LogP contribution in [0.2, 0.25) is 0 Å². The molecule has 2 fully saturated rings. The Morgan fingerprint density at radius 2 is 1.58 bits per heavy atom. The van der Waals surface area contributed by atoms with Crippen molar-refractivity contribution in [3.8, 4) is 0 Å². The van der Waals surface area contributed by atoms with Crippen molar-refractivity contribution >= 4 is 0 Å². The lowest BCUT2D eigenvalue weighted by atomic mass is 9.68. The summed E-state index contributed by atoms with van der Waals surface area (Å²) in [6, 6.07) is 5.30. The summed E-state index contributed by atoms with van der Waals surface area (Å²) in [5, 5.41) is 9.15. The number of aliphatic hydroxyl groups is 1. The van der Waals surface area contributed by atoms with Gasteiger partial charge in [0, 0.05) is 0 Å². The third kappa shape index (κ3) is 5.09. The van der Waals surface area contributed by atoms with Crippen LogP contribution in [0, 0.1) is 23.6 Å². The molecular weight excluding hydrogens is 323 g/mol. The molecule has 0 amide bonds. The van der Waals surface area contributed by atoms with E-state index in [9.17, 15) is 4.39 Å². The Balaban J connectivity index is 1.44. The zero-order valence-corrected chi connectivity index (χ0v) is 16.6. The molecule has 0 radical (unpaired) electrons. The van der Waals surface area contributed by atoms with Gasteiger partial charge < -0.3 is 5.11 Å². The Hall–Kier alpha value is -0.890. The maximum absolute atomic E-state index is 14.3. The van der Waals surface area contributed by atoms with Gasteiger partial charge in [-0.3, -0.25) is 0 Å². The van der Waals surface area contributed by atoms with Gasteiger partial charge in [0.1, 0.15) is 5.82 Å². The minimum Gasteiger partial charge on any atom is -0.392 e. The monoisotopic (exact) mass is 360 g/mol. The molecule has 1 nitrogen and oxygen atoms in total. The molecule has 2 saturated carbocycles. The number of unbranched alkanes of at least 4 members (excludes halogenated alkanes) is 2.